The SMILES string of the molecule is CCc1ccsc1CNCC(O)c1cccc(F)c1. The van der Waals surface area contributed by atoms with Crippen molar-refractivity contribution in [2.24, 2.45) is 0 Å². The summed E-state index contributed by atoms with van der Waals surface area (Å²) in [6, 6.07) is 8.23. The number of aryl methyl sites for hydroxylation is 1. The highest BCUT2D eigenvalue weighted by Crippen LogP contribution is 2.18. The second-order valence-electron chi connectivity index (χ2n) is 4.42. The van der Waals surface area contributed by atoms with Crippen LogP contribution in [0, 0.1) is 5.82 Å². The molecule has 19 heavy (non-hydrogen) atoms. The van der Waals surface area contributed by atoms with Crippen LogP contribution in [0.25, 0.3) is 0 Å². The van der Waals surface area contributed by atoms with Crippen LogP contribution in [-0.2, 0) is 13.0 Å². The van der Waals surface area contributed by atoms with Crippen molar-refractivity contribution in [3.05, 3.63) is 57.5 Å². The van der Waals surface area contributed by atoms with E-state index in [0.717, 1.165) is 13.0 Å². The molecule has 2 nitrogen and oxygen atoms in total. The van der Waals surface area contributed by atoms with Gasteiger partial charge in [-0.3, -0.25) is 0 Å². The Morgan fingerprint density at radius 3 is 2.95 bits per heavy atom. The van der Waals surface area contributed by atoms with Gasteiger partial charge in [-0.2, -0.15) is 0 Å². The zero-order valence-corrected chi connectivity index (χ0v) is 11.7. The number of hydrogen-bond acceptors (Lipinski definition) is 3. The number of rotatable bonds is 6. The summed E-state index contributed by atoms with van der Waals surface area (Å²) >= 11 is 1.72. The minimum Gasteiger partial charge on any atom is -0.387 e. The molecule has 0 fully saturated rings. The molecule has 0 saturated carbocycles. The van der Waals surface area contributed by atoms with Crippen molar-refractivity contribution in [1.29, 1.82) is 0 Å². The van der Waals surface area contributed by atoms with Crippen LogP contribution in [0.3, 0.4) is 0 Å². The number of aliphatic hydroxyl groups excluding tert-OH is 1. The quantitative estimate of drug-likeness (QED) is 0.850. The molecule has 2 aromatic rings. The summed E-state index contributed by atoms with van der Waals surface area (Å²) in [6.45, 7) is 3.30. The normalized spacial score (nSPS) is 12.6. The first-order chi connectivity index (χ1) is 9.20. The smallest absolute Gasteiger partial charge is 0.123 e. The highest BCUT2D eigenvalue weighted by molar-refractivity contribution is 7.10. The van der Waals surface area contributed by atoms with Crippen LogP contribution in [0.15, 0.2) is 35.7 Å². The Morgan fingerprint density at radius 2 is 2.21 bits per heavy atom. The Labute approximate surface area is 116 Å². The molecule has 0 aliphatic carbocycles. The van der Waals surface area contributed by atoms with Crippen LogP contribution in [0.1, 0.15) is 29.0 Å². The summed E-state index contributed by atoms with van der Waals surface area (Å²) in [6.07, 6.45) is 0.341. The van der Waals surface area contributed by atoms with Crippen molar-refractivity contribution in [2.75, 3.05) is 6.54 Å². The van der Waals surface area contributed by atoms with Crippen molar-refractivity contribution in [2.45, 2.75) is 26.0 Å². The molecular weight excluding hydrogens is 261 g/mol. The van der Waals surface area contributed by atoms with E-state index in [0.29, 0.717) is 12.1 Å². The van der Waals surface area contributed by atoms with E-state index < -0.39 is 6.10 Å². The lowest BCUT2D eigenvalue weighted by atomic mass is 10.1. The average Bonchev–Trinajstić information content (AvgIpc) is 2.86. The van der Waals surface area contributed by atoms with Crippen LogP contribution in [0.5, 0.6) is 0 Å². The average molecular weight is 279 g/mol. The van der Waals surface area contributed by atoms with E-state index in [2.05, 4.69) is 23.7 Å². The molecule has 2 rings (SSSR count). The summed E-state index contributed by atoms with van der Waals surface area (Å²) in [5, 5.41) is 15.3. The van der Waals surface area contributed by atoms with Gasteiger partial charge in [0.2, 0.25) is 0 Å². The maximum absolute atomic E-state index is 13.0. The van der Waals surface area contributed by atoms with Crippen LogP contribution < -0.4 is 5.32 Å². The molecule has 102 valence electrons. The predicted octanol–water partition coefficient (Wildman–Crippen LogP) is 3.27. The van der Waals surface area contributed by atoms with E-state index in [-0.39, 0.29) is 5.82 Å². The van der Waals surface area contributed by atoms with Crippen molar-refractivity contribution in [3.63, 3.8) is 0 Å². The second-order valence-corrected chi connectivity index (χ2v) is 5.42. The minimum absolute atomic E-state index is 0.317. The fourth-order valence-corrected chi connectivity index (χ4v) is 2.94. The highest BCUT2D eigenvalue weighted by Gasteiger charge is 2.08. The monoisotopic (exact) mass is 279 g/mol. The van der Waals surface area contributed by atoms with Gasteiger partial charge in [-0.05, 0) is 41.1 Å². The zero-order chi connectivity index (χ0) is 13.7. The second kappa shape index (κ2) is 6.80. The highest BCUT2D eigenvalue weighted by atomic mass is 32.1. The number of thiophene rings is 1. The first-order valence-corrected chi connectivity index (χ1v) is 7.28. The number of benzene rings is 1. The molecule has 1 unspecified atom stereocenters. The molecule has 0 aliphatic heterocycles. The van der Waals surface area contributed by atoms with E-state index in [9.17, 15) is 9.50 Å². The largest absolute Gasteiger partial charge is 0.387 e. The van der Waals surface area contributed by atoms with Crippen molar-refractivity contribution >= 4 is 11.3 Å². The molecule has 0 aliphatic rings. The fourth-order valence-electron chi connectivity index (χ4n) is 1.99. The molecule has 1 heterocycles. The lowest BCUT2D eigenvalue weighted by Crippen LogP contribution is -2.21. The van der Waals surface area contributed by atoms with Gasteiger partial charge < -0.3 is 10.4 Å². The third-order valence-corrected chi connectivity index (χ3v) is 4.04. The maximum Gasteiger partial charge on any atom is 0.123 e. The maximum atomic E-state index is 13.0. The summed E-state index contributed by atoms with van der Waals surface area (Å²) in [7, 11) is 0. The Bertz CT molecular complexity index is 526. The molecule has 4 heteroatoms. The third kappa shape index (κ3) is 3.86. The van der Waals surface area contributed by atoms with Crippen molar-refractivity contribution < 1.29 is 9.50 Å². The lowest BCUT2D eigenvalue weighted by Gasteiger charge is -2.12. The molecular formula is C15H18FNOS. The Morgan fingerprint density at radius 1 is 1.37 bits per heavy atom. The topological polar surface area (TPSA) is 32.3 Å². The summed E-state index contributed by atoms with van der Waals surface area (Å²) in [4.78, 5) is 1.30. The van der Waals surface area contributed by atoms with Gasteiger partial charge in [-0.1, -0.05) is 19.1 Å². The third-order valence-electron chi connectivity index (χ3n) is 3.08. The summed E-state index contributed by atoms with van der Waals surface area (Å²) in [5.41, 5.74) is 1.95. The number of nitrogens with one attached hydrogen (secondary N) is 1. The van der Waals surface area contributed by atoms with Crippen LogP contribution in [0.2, 0.25) is 0 Å². The Kier molecular flexibility index (Phi) is 5.07. The first kappa shape index (κ1) is 14.2. The van der Waals surface area contributed by atoms with E-state index in [4.69, 9.17) is 0 Å². The molecule has 0 saturated heterocycles. The van der Waals surface area contributed by atoms with Gasteiger partial charge >= 0.3 is 0 Å². The predicted molar refractivity (Wildman–Crippen MR) is 76.8 cm³/mol. The van der Waals surface area contributed by atoms with Gasteiger partial charge in [-0.15, -0.1) is 11.3 Å². The van der Waals surface area contributed by atoms with Crippen molar-refractivity contribution in [3.8, 4) is 0 Å². The molecule has 0 radical (unpaired) electrons. The molecule has 1 aromatic carbocycles. The van der Waals surface area contributed by atoms with Gasteiger partial charge in [0.15, 0.2) is 0 Å². The van der Waals surface area contributed by atoms with Crippen LogP contribution in [-0.4, -0.2) is 11.7 Å². The standard InChI is InChI=1S/C15H18FNOS/c1-2-11-6-7-19-15(11)10-17-9-14(18)12-4-3-5-13(16)8-12/h3-8,14,17-18H,2,9-10H2,1H3. The first-order valence-electron chi connectivity index (χ1n) is 6.40. The van der Waals surface area contributed by atoms with E-state index in [1.54, 1.807) is 23.5 Å². The molecule has 0 spiro atoms. The van der Waals surface area contributed by atoms with E-state index in [1.807, 2.05) is 0 Å². The number of halogens is 1. The van der Waals surface area contributed by atoms with Gasteiger partial charge in [-0.25, -0.2) is 4.39 Å². The minimum atomic E-state index is -0.680. The molecule has 2 N–H and O–H groups in total. The van der Waals surface area contributed by atoms with E-state index >= 15 is 0 Å². The number of hydrogen-bond donors (Lipinski definition) is 2. The molecule has 1 atom stereocenters. The van der Waals surface area contributed by atoms with E-state index in [1.165, 1.54) is 22.6 Å². The fraction of sp³-hybridized carbons (Fsp3) is 0.333. The van der Waals surface area contributed by atoms with Gasteiger partial charge in [0.1, 0.15) is 5.82 Å². The lowest BCUT2D eigenvalue weighted by molar-refractivity contribution is 0.174. The summed E-state index contributed by atoms with van der Waals surface area (Å²) < 4.78 is 13.0. The number of aliphatic hydroxyl groups is 1. The summed E-state index contributed by atoms with van der Waals surface area (Å²) in [5.74, 6) is -0.317. The van der Waals surface area contributed by atoms with Crippen LogP contribution >= 0.6 is 11.3 Å². The molecule has 0 bridgehead atoms. The van der Waals surface area contributed by atoms with Gasteiger partial charge in [0.05, 0.1) is 6.10 Å². The van der Waals surface area contributed by atoms with Crippen LogP contribution in [0.4, 0.5) is 4.39 Å². The molecule has 1 aromatic heterocycles. The van der Waals surface area contributed by atoms with Gasteiger partial charge in [0, 0.05) is 18.0 Å². The van der Waals surface area contributed by atoms with Crippen molar-refractivity contribution in [1.82, 2.24) is 5.32 Å². The Hall–Kier alpha value is -1.23. The van der Waals surface area contributed by atoms with Gasteiger partial charge in [0.25, 0.3) is 0 Å². The molecule has 0 amide bonds. The Balaban J connectivity index is 1.86. The zero-order valence-electron chi connectivity index (χ0n) is 10.9.